The van der Waals surface area contributed by atoms with E-state index in [0.29, 0.717) is 15.7 Å². The molecule has 1 unspecified atom stereocenters. The van der Waals surface area contributed by atoms with Crippen molar-refractivity contribution in [2.24, 2.45) is 0 Å². The zero-order valence-corrected chi connectivity index (χ0v) is 11.6. The third-order valence-corrected chi connectivity index (χ3v) is 3.70. The summed E-state index contributed by atoms with van der Waals surface area (Å²) in [5.74, 6) is -0.272. The van der Waals surface area contributed by atoms with Gasteiger partial charge in [-0.2, -0.15) is 5.26 Å². The standard InChI is InChI=1S/C13H10ClN3OS/c1-8(10-4-2-3-9(5-10)6-15)16-12(18)13-17-11(14)7-19-13/h2-5,7-8H,1H3,(H,16,18). The third-order valence-electron chi connectivity index (χ3n) is 2.53. The van der Waals surface area contributed by atoms with E-state index in [1.165, 1.54) is 11.3 Å². The van der Waals surface area contributed by atoms with Crippen LogP contribution in [0.15, 0.2) is 29.6 Å². The molecule has 1 atom stereocenters. The molecule has 4 nitrogen and oxygen atoms in total. The fraction of sp³-hybridized carbons (Fsp3) is 0.154. The van der Waals surface area contributed by atoms with Crippen LogP contribution in [0.4, 0.5) is 0 Å². The lowest BCUT2D eigenvalue weighted by molar-refractivity contribution is 0.0939. The summed E-state index contributed by atoms with van der Waals surface area (Å²) in [6.45, 7) is 1.85. The molecule has 1 N–H and O–H groups in total. The Labute approximate surface area is 119 Å². The smallest absolute Gasteiger partial charge is 0.280 e. The Kier molecular flexibility index (Phi) is 4.15. The van der Waals surface area contributed by atoms with E-state index in [1.807, 2.05) is 13.0 Å². The van der Waals surface area contributed by atoms with Crippen molar-refractivity contribution in [2.45, 2.75) is 13.0 Å². The summed E-state index contributed by atoms with van der Waals surface area (Å²) in [6, 6.07) is 8.99. The zero-order valence-electron chi connectivity index (χ0n) is 10.1. The van der Waals surface area contributed by atoms with Crippen molar-refractivity contribution in [3.63, 3.8) is 0 Å². The lowest BCUT2D eigenvalue weighted by Crippen LogP contribution is -2.26. The minimum atomic E-state index is -0.272. The van der Waals surface area contributed by atoms with Crippen molar-refractivity contribution in [2.75, 3.05) is 0 Å². The first-order valence-corrected chi connectivity index (χ1v) is 6.78. The highest BCUT2D eigenvalue weighted by Gasteiger charge is 2.14. The van der Waals surface area contributed by atoms with Crippen LogP contribution in [0.2, 0.25) is 5.15 Å². The lowest BCUT2D eigenvalue weighted by atomic mass is 10.1. The van der Waals surface area contributed by atoms with Crippen LogP contribution < -0.4 is 5.32 Å². The number of hydrogen-bond donors (Lipinski definition) is 1. The van der Waals surface area contributed by atoms with Gasteiger partial charge in [-0.15, -0.1) is 11.3 Å². The number of nitrogens with one attached hydrogen (secondary N) is 1. The zero-order chi connectivity index (χ0) is 13.8. The summed E-state index contributed by atoms with van der Waals surface area (Å²) in [6.07, 6.45) is 0. The van der Waals surface area contributed by atoms with Gasteiger partial charge < -0.3 is 5.32 Å². The van der Waals surface area contributed by atoms with Gasteiger partial charge >= 0.3 is 0 Å². The molecule has 19 heavy (non-hydrogen) atoms. The number of benzene rings is 1. The van der Waals surface area contributed by atoms with E-state index < -0.39 is 0 Å². The van der Waals surface area contributed by atoms with E-state index in [0.717, 1.165) is 5.56 Å². The average Bonchev–Trinajstić information content (AvgIpc) is 2.85. The maximum Gasteiger partial charge on any atom is 0.280 e. The summed E-state index contributed by atoms with van der Waals surface area (Å²) in [4.78, 5) is 15.8. The largest absolute Gasteiger partial charge is 0.343 e. The molecule has 0 radical (unpaired) electrons. The van der Waals surface area contributed by atoms with Crippen molar-refractivity contribution < 1.29 is 4.79 Å². The Hall–Kier alpha value is -1.90. The first-order valence-electron chi connectivity index (χ1n) is 5.52. The van der Waals surface area contributed by atoms with E-state index >= 15 is 0 Å². The number of thiazole rings is 1. The minimum absolute atomic E-state index is 0.205. The maximum atomic E-state index is 11.9. The van der Waals surface area contributed by atoms with Gasteiger partial charge in [0.05, 0.1) is 17.7 Å². The van der Waals surface area contributed by atoms with Crippen LogP contribution in [-0.4, -0.2) is 10.9 Å². The highest BCUT2D eigenvalue weighted by atomic mass is 35.5. The van der Waals surface area contributed by atoms with Crippen LogP contribution >= 0.6 is 22.9 Å². The molecule has 0 aliphatic carbocycles. The number of carbonyl (C=O) groups is 1. The Morgan fingerprint density at radius 2 is 2.37 bits per heavy atom. The molecule has 0 bridgehead atoms. The van der Waals surface area contributed by atoms with Gasteiger partial charge in [0.1, 0.15) is 5.15 Å². The number of carbonyl (C=O) groups excluding carboxylic acids is 1. The Balaban J connectivity index is 2.10. The van der Waals surface area contributed by atoms with Gasteiger partial charge in [-0.3, -0.25) is 4.79 Å². The van der Waals surface area contributed by atoms with Crippen LogP contribution in [0.1, 0.15) is 33.9 Å². The minimum Gasteiger partial charge on any atom is -0.343 e. The third kappa shape index (κ3) is 3.31. The highest BCUT2D eigenvalue weighted by Crippen LogP contribution is 2.17. The van der Waals surface area contributed by atoms with Crippen LogP contribution in [0.5, 0.6) is 0 Å². The number of aromatic nitrogens is 1. The second-order valence-corrected chi connectivity index (χ2v) is 5.15. The van der Waals surface area contributed by atoms with Crippen molar-refractivity contribution in [3.05, 3.63) is 50.9 Å². The summed E-state index contributed by atoms with van der Waals surface area (Å²) < 4.78 is 0. The first kappa shape index (κ1) is 13.5. The molecule has 0 aliphatic heterocycles. The van der Waals surface area contributed by atoms with E-state index in [4.69, 9.17) is 16.9 Å². The van der Waals surface area contributed by atoms with Crippen LogP contribution in [0.25, 0.3) is 0 Å². The molecule has 0 saturated heterocycles. The second kappa shape index (κ2) is 5.83. The van der Waals surface area contributed by atoms with Gasteiger partial charge in [-0.25, -0.2) is 4.98 Å². The molecular weight excluding hydrogens is 282 g/mol. The van der Waals surface area contributed by atoms with Gasteiger partial charge in [0.15, 0.2) is 5.01 Å². The maximum absolute atomic E-state index is 11.9. The number of amides is 1. The quantitative estimate of drug-likeness (QED) is 0.944. The first-order chi connectivity index (χ1) is 9.10. The molecule has 96 valence electrons. The number of rotatable bonds is 3. The molecule has 2 rings (SSSR count). The number of halogens is 1. The predicted molar refractivity (Wildman–Crippen MR) is 74.2 cm³/mol. The van der Waals surface area contributed by atoms with Crippen LogP contribution in [-0.2, 0) is 0 Å². The monoisotopic (exact) mass is 291 g/mol. The number of hydrogen-bond acceptors (Lipinski definition) is 4. The molecule has 1 amide bonds. The van der Waals surface area contributed by atoms with E-state index in [1.54, 1.807) is 23.6 Å². The molecule has 0 aliphatic rings. The number of nitriles is 1. The van der Waals surface area contributed by atoms with E-state index in [9.17, 15) is 4.79 Å². The highest BCUT2D eigenvalue weighted by molar-refractivity contribution is 7.12. The van der Waals surface area contributed by atoms with E-state index in [-0.39, 0.29) is 11.9 Å². The Morgan fingerprint density at radius 3 is 3.00 bits per heavy atom. The predicted octanol–water partition coefficient (Wildman–Crippen LogP) is 3.16. The van der Waals surface area contributed by atoms with Gasteiger partial charge in [-0.1, -0.05) is 23.7 Å². The molecule has 0 fully saturated rings. The molecule has 1 aromatic heterocycles. The van der Waals surface area contributed by atoms with Gasteiger partial charge in [0, 0.05) is 5.38 Å². The molecular formula is C13H10ClN3OS. The summed E-state index contributed by atoms with van der Waals surface area (Å²) in [5, 5.41) is 13.9. The van der Waals surface area contributed by atoms with Crippen LogP contribution in [0.3, 0.4) is 0 Å². The van der Waals surface area contributed by atoms with Gasteiger partial charge in [0.25, 0.3) is 5.91 Å². The Morgan fingerprint density at radius 1 is 1.58 bits per heavy atom. The number of nitrogens with zero attached hydrogens (tertiary/aromatic N) is 2. The molecule has 6 heteroatoms. The fourth-order valence-corrected chi connectivity index (χ4v) is 2.42. The Bertz CT molecular complexity index is 647. The van der Waals surface area contributed by atoms with Crippen molar-refractivity contribution in [3.8, 4) is 6.07 Å². The summed E-state index contributed by atoms with van der Waals surface area (Å²) in [7, 11) is 0. The summed E-state index contributed by atoms with van der Waals surface area (Å²) >= 11 is 6.88. The van der Waals surface area contributed by atoms with Gasteiger partial charge in [-0.05, 0) is 24.6 Å². The van der Waals surface area contributed by atoms with E-state index in [2.05, 4.69) is 16.4 Å². The topological polar surface area (TPSA) is 65.8 Å². The normalized spacial score (nSPS) is 11.6. The SMILES string of the molecule is CC(NC(=O)c1nc(Cl)cs1)c1cccc(C#N)c1. The van der Waals surface area contributed by atoms with Gasteiger partial charge in [0.2, 0.25) is 0 Å². The second-order valence-electron chi connectivity index (χ2n) is 3.91. The van der Waals surface area contributed by atoms with Crippen LogP contribution in [0, 0.1) is 11.3 Å². The summed E-state index contributed by atoms with van der Waals surface area (Å²) in [5.41, 5.74) is 1.44. The van der Waals surface area contributed by atoms with Crippen molar-refractivity contribution in [1.29, 1.82) is 5.26 Å². The molecule has 1 heterocycles. The molecule has 0 spiro atoms. The molecule has 1 aromatic carbocycles. The average molecular weight is 292 g/mol. The fourth-order valence-electron chi connectivity index (χ4n) is 1.58. The molecule has 0 saturated carbocycles. The van der Waals surface area contributed by atoms with Crippen molar-refractivity contribution >= 4 is 28.8 Å². The van der Waals surface area contributed by atoms with Crippen molar-refractivity contribution in [1.82, 2.24) is 10.3 Å². The molecule has 2 aromatic rings. The lowest BCUT2D eigenvalue weighted by Gasteiger charge is -2.13.